The average molecular weight is 245 g/mol. The smallest absolute Gasteiger partial charge is 0.0698 e. The lowest BCUT2D eigenvalue weighted by Gasteiger charge is -2.40. The molecule has 18 heavy (non-hydrogen) atoms. The summed E-state index contributed by atoms with van der Waals surface area (Å²) < 4.78 is 5.56. The first-order valence-electron chi connectivity index (χ1n) is 7.23. The van der Waals surface area contributed by atoms with Gasteiger partial charge in [-0.25, -0.2) is 0 Å². The van der Waals surface area contributed by atoms with E-state index in [4.69, 9.17) is 4.74 Å². The molecule has 2 unspecified atom stereocenters. The molecule has 0 radical (unpaired) electrons. The zero-order valence-corrected chi connectivity index (χ0v) is 11.3. The van der Waals surface area contributed by atoms with Crippen molar-refractivity contribution < 1.29 is 4.74 Å². The summed E-state index contributed by atoms with van der Waals surface area (Å²) in [5.41, 5.74) is 3.13. The maximum Gasteiger partial charge on any atom is 0.0698 e. The Balaban J connectivity index is 1.80. The summed E-state index contributed by atoms with van der Waals surface area (Å²) in [5.74, 6) is 0. The molecule has 0 N–H and O–H groups in total. The predicted octanol–water partition coefficient (Wildman–Crippen LogP) is 3.17. The molecule has 1 aromatic carbocycles. The summed E-state index contributed by atoms with van der Waals surface area (Å²) in [6, 6.07) is 9.63. The van der Waals surface area contributed by atoms with Crippen LogP contribution in [-0.4, -0.2) is 31.2 Å². The maximum atomic E-state index is 5.56. The fraction of sp³-hybridized carbons (Fsp3) is 0.625. The fourth-order valence-electron chi connectivity index (χ4n) is 3.55. The van der Waals surface area contributed by atoms with E-state index in [-0.39, 0.29) is 0 Å². The van der Waals surface area contributed by atoms with Crippen LogP contribution in [0.15, 0.2) is 24.3 Å². The Morgan fingerprint density at radius 1 is 1.17 bits per heavy atom. The molecule has 1 saturated heterocycles. The highest BCUT2D eigenvalue weighted by Crippen LogP contribution is 2.35. The van der Waals surface area contributed by atoms with Crippen molar-refractivity contribution in [3.05, 3.63) is 35.4 Å². The molecule has 2 heteroatoms. The van der Waals surface area contributed by atoms with E-state index in [0.717, 1.165) is 6.54 Å². The second-order valence-corrected chi connectivity index (χ2v) is 5.60. The lowest BCUT2D eigenvalue weighted by molar-refractivity contribution is 0.0109. The van der Waals surface area contributed by atoms with Gasteiger partial charge in [-0.05, 0) is 49.8 Å². The molecule has 2 atom stereocenters. The SMILES string of the molecule is COC1CCCN(C2CCCc3ccccc32)C1. The van der Waals surface area contributed by atoms with Gasteiger partial charge in [0.15, 0.2) is 0 Å². The van der Waals surface area contributed by atoms with Gasteiger partial charge in [0, 0.05) is 19.7 Å². The number of piperidine rings is 1. The molecule has 1 aromatic rings. The van der Waals surface area contributed by atoms with Gasteiger partial charge in [0.25, 0.3) is 0 Å². The number of rotatable bonds is 2. The van der Waals surface area contributed by atoms with Crippen molar-refractivity contribution in [2.24, 2.45) is 0 Å². The van der Waals surface area contributed by atoms with Gasteiger partial charge < -0.3 is 4.74 Å². The molecule has 3 rings (SSSR count). The molecule has 0 saturated carbocycles. The van der Waals surface area contributed by atoms with Crippen LogP contribution in [0.2, 0.25) is 0 Å². The van der Waals surface area contributed by atoms with E-state index in [1.807, 2.05) is 7.11 Å². The molecule has 0 amide bonds. The number of likely N-dealkylation sites (tertiary alicyclic amines) is 1. The Morgan fingerprint density at radius 2 is 2.06 bits per heavy atom. The van der Waals surface area contributed by atoms with Crippen LogP contribution in [0.1, 0.15) is 42.9 Å². The minimum atomic E-state index is 0.438. The van der Waals surface area contributed by atoms with Gasteiger partial charge in [-0.15, -0.1) is 0 Å². The van der Waals surface area contributed by atoms with Crippen LogP contribution in [0.3, 0.4) is 0 Å². The van der Waals surface area contributed by atoms with Gasteiger partial charge in [-0.2, -0.15) is 0 Å². The third-order valence-electron chi connectivity index (χ3n) is 4.52. The van der Waals surface area contributed by atoms with Crippen molar-refractivity contribution in [1.29, 1.82) is 0 Å². The third-order valence-corrected chi connectivity index (χ3v) is 4.52. The van der Waals surface area contributed by atoms with Gasteiger partial charge in [0.2, 0.25) is 0 Å². The standard InChI is InChI=1S/C16H23NO/c1-18-14-8-5-11-17(12-14)16-10-4-7-13-6-2-3-9-15(13)16/h2-3,6,9,14,16H,4-5,7-8,10-12H2,1H3. The second kappa shape index (κ2) is 5.41. The normalized spacial score (nSPS) is 28.9. The zero-order valence-electron chi connectivity index (χ0n) is 11.3. The molecule has 1 fully saturated rings. The molecule has 2 aliphatic rings. The van der Waals surface area contributed by atoms with E-state index in [9.17, 15) is 0 Å². The van der Waals surface area contributed by atoms with Crippen molar-refractivity contribution in [2.75, 3.05) is 20.2 Å². The fourth-order valence-corrected chi connectivity index (χ4v) is 3.55. The average Bonchev–Trinajstić information content (AvgIpc) is 2.47. The van der Waals surface area contributed by atoms with E-state index in [2.05, 4.69) is 29.2 Å². The van der Waals surface area contributed by atoms with Crippen LogP contribution in [0.4, 0.5) is 0 Å². The number of methoxy groups -OCH3 is 1. The first-order chi connectivity index (χ1) is 8.88. The number of fused-ring (bicyclic) bond motifs is 1. The molecule has 2 nitrogen and oxygen atoms in total. The zero-order chi connectivity index (χ0) is 12.4. The first-order valence-corrected chi connectivity index (χ1v) is 7.23. The first kappa shape index (κ1) is 12.2. The number of aryl methyl sites for hydroxylation is 1. The number of benzene rings is 1. The summed E-state index contributed by atoms with van der Waals surface area (Å²) in [6.45, 7) is 2.34. The largest absolute Gasteiger partial charge is 0.380 e. The minimum Gasteiger partial charge on any atom is -0.380 e. The summed E-state index contributed by atoms with van der Waals surface area (Å²) in [5, 5.41) is 0. The topological polar surface area (TPSA) is 12.5 Å². The Kier molecular flexibility index (Phi) is 3.67. The molecule has 98 valence electrons. The number of hydrogen-bond donors (Lipinski definition) is 0. The van der Waals surface area contributed by atoms with Gasteiger partial charge >= 0.3 is 0 Å². The van der Waals surface area contributed by atoms with Gasteiger partial charge in [-0.1, -0.05) is 24.3 Å². The van der Waals surface area contributed by atoms with Crippen molar-refractivity contribution in [3.63, 3.8) is 0 Å². The van der Waals surface area contributed by atoms with Crippen molar-refractivity contribution in [1.82, 2.24) is 4.90 Å². The predicted molar refractivity (Wildman–Crippen MR) is 73.7 cm³/mol. The lowest BCUT2D eigenvalue weighted by Crippen LogP contribution is -2.42. The van der Waals surface area contributed by atoms with Gasteiger partial charge in [0.05, 0.1) is 6.10 Å². The Labute approximate surface area is 110 Å². The highest BCUT2D eigenvalue weighted by molar-refractivity contribution is 5.32. The van der Waals surface area contributed by atoms with Crippen LogP contribution >= 0.6 is 0 Å². The third kappa shape index (κ3) is 2.32. The van der Waals surface area contributed by atoms with Crippen molar-refractivity contribution in [2.45, 2.75) is 44.2 Å². The van der Waals surface area contributed by atoms with E-state index in [1.165, 1.54) is 38.6 Å². The van der Waals surface area contributed by atoms with Gasteiger partial charge in [-0.3, -0.25) is 4.90 Å². The summed E-state index contributed by atoms with van der Waals surface area (Å²) in [7, 11) is 1.85. The Morgan fingerprint density at radius 3 is 2.94 bits per heavy atom. The monoisotopic (exact) mass is 245 g/mol. The maximum absolute atomic E-state index is 5.56. The highest BCUT2D eigenvalue weighted by Gasteiger charge is 2.29. The minimum absolute atomic E-state index is 0.438. The van der Waals surface area contributed by atoms with Crippen LogP contribution in [-0.2, 0) is 11.2 Å². The summed E-state index contributed by atoms with van der Waals surface area (Å²) in [6.07, 6.45) is 6.84. The summed E-state index contributed by atoms with van der Waals surface area (Å²) >= 11 is 0. The quantitative estimate of drug-likeness (QED) is 0.793. The van der Waals surface area contributed by atoms with Crippen molar-refractivity contribution in [3.8, 4) is 0 Å². The molecule has 0 aromatic heterocycles. The highest BCUT2D eigenvalue weighted by atomic mass is 16.5. The molecule has 1 aliphatic carbocycles. The summed E-state index contributed by atoms with van der Waals surface area (Å²) in [4.78, 5) is 2.65. The second-order valence-electron chi connectivity index (χ2n) is 5.60. The number of ether oxygens (including phenoxy) is 1. The Hall–Kier alpha value is -0.860. The van der Waals surface area contributed by atoms with Gasteiger partial charge in [0.1, 0.15) is 0 Å². The van der Waals surface area contributed by atoms with E-state index >= 15 is 0 Å². The molecule has 1 heterocycles. The van der Waals surface area contributed by atoms with E-state index < -0.39 is 0 Å². The van der Waals surface area contributed by atoms with Crippen LogP contribution in [0, 0.1) is 0 Å². The van der Waals surface area contributed by atoms with Crippen LogP contribution in [0.25, 0.3) is 0 Å². The molecular weight excluding hydrogens is 222 g/mol. The van der Waals surface area contributed by atoms with E-state index in [1.54, 1.807) is 11.1 Å². The number of hydrogen-bond acceptors (Lipinski definition) is 2. The van der Waals surface area contributed by atoms with E-state index in [0.29, 0.717) is 12.1 Å². The van der Waals surface area contributed by atoms with Crippen LogP contribution < -0.4 is 0 Å². The van der Waals surface area contributed by atoms with Crippen molar-refractivity contribution >= 4 is 0 Å². The Bertz CT molecular complexity index is 404. The molecule has 0 spiro atoms. The molecule has 0 bridgehead atoms. The lowest BCUT2D eigenvalue weighted by atomic mass is 9.86. The van der Waals surface area contributed by atoms with Crippen LogP contribution in [0.5, 0.6) is 0 Å². The molecule has 1 aliphatic heterocycles. The number of nitrogens with zero attached hydrogens (tertiary/aromatic N) is 1. The molecular formula is C16H23NO.